The highest BCUT2D eigenvalue weighted by molar-refractivity contribution is 6.00. The molecule has 6 nitrogen and oxygen atoms in total. The fraction of sp³-hybridized carbons (Fsp3) is 0.417. The summed E-state index contributed by atoms with van der Waals surface area (Å²) in [5.74, 6) is -0.973. The largest absolute Gasteiger partial charge is 0.481 e. The van der Waals surface area contributed by atoms with Gasteiger partial charge < -0.3 is 20.5 Å². The molecule has 0 aliphatic rings. The van der Waals surface area contributed by atoms with Gasteiger partial charge in [0.05, 0.1) is 12.0 Å². The zero-order chi connectivity index (χ0) is 22.3. The minimum absolute atomic E-state index is 0.0414. The SMILES string of the molecule is CCOC(C)(C)c1ccc([C@@H](CC)CC(=O)O)cc1NC(=O)Nc1ccc(C)cc1. The van der Waals surface area contributed by atoms with Gasteiger partial charge in [-0.05, 0) is 63.8 Å². The Morgan fingerprint density at radius 1 is 1.07 bits per heavy atom. The van der Waals surface area contributed by atoms with Crippen LogP contribution >= 0.6 is 0 Å². The van der Waals surface area contributed by atoms with Crippen LogP contribution in [0.3, 0.4) is 0 Å². The Kier molecular flexibility index (Phi) is 8.00. The van der Waals surface area contributed by atoms with Crippen molar-refractivity contribution in [2.75, 3.05) is 17.2 Å². The predicted molar refractivity (Wildman–Crippen MR) is 120 cm³/mol. The molecule has 0 spiro atoms. The Hall–Kier alpha value is -2.86. The van der Waals surface area contributed by atoms with Gasteiger partial charge in [-0.2, -0.15) is 0 Å². The molecule has 0 heterocycles. The molecule has 0 saturated heterocycles. The first-order valence-corrected chi connectivity index (χ1v) is 10.3. The van der Waals surface area contributed by atoms with Crippen LogP contribution in [-0.4, -0.2) is 23.7 Å². The molecule has 0 aromatic heterocycles. The summed E-state index contributed by atoms with van der Waals surface area (Å²) in [7, 11) is 0. The minimum Gasteiger partial charge on any atom is -0.481 e. The molecule has 0 aliphatic carbocycles. The Labute approximate surface area is 178 Å². The van der Waals surface area contributed by atoms with Crippen molar-refractivity contribution >= 4 is 23.4 Å². The maximum Gasteiger partial charge on any atom is 0.323 e. The highest BCUT2D eigenvalue weighted by Crippen LogP contribution is 2.35. The van der Waals surface area contributed by atoms with E-state index in [0.29, 0.717) is 24.4 Å². The number of carboxylic acid groups (broad SMARTS) is 1. The average molecular weight is 413 g/mol. The van der Waals surface area contributed by atoms with Crippen molar-refractivity contribution in [2.45, 2.75) is 59.0 Å². The van der Waals surface area contributed by atoms with Crippen molar-refractivity contribution in [2.24, 2.45) is 0 Å². The average Bonchev–Trinajstić information content (AvgIpc) is 2.67. The first-order chi connectivity index (χ1) is 14.2. The zero-order valence-electron chi connectivity index (χ0n) is 18.4. The zero-order valence-corrected chi connectivity index (χ0v) is 18.4. The number of hydrogen-bond donors (Lipinski definition) is 3. The van der Waals surface area contributed by atoms with Crippen molar-refractivity contribution in [3.05, 3.63) is 59.2 Å². The summed E-state index contributed by atoms with van der Waals surface area (Å²) in [5, 5.41) is 15.0. The topological polar surface area (TPSA) is 87.7 Å². The lowest BCUT2D eigenvalue weighted by molar-refractivity contribution is -0.137. The van der Waals surface area contributed by atoms with Crippen LogP contribution < -0.4 is 10.6 Å². The van der Waals surface area contributed by atoms with Gasteiger partial charge in [-0.25, -0.2) is 4.79 Å². The minimum atomic E-state index is -0.841. The normalized spacial score (nSPS) is 12.3. The van der Waals surface area contributed by atoms with E-state index in [4.69, 9.17) is 4.74 Å². The number of hydrogen-bond acceptors (Lipinski definition) is 3. The third-order valence-electron chi connectivity index (χ3n) is 5.14. The highest BCUT2D eigenvalue weighted by atomic mass is 16.5. The summed E-state index contributed by atoms with van der Waals surface area (Å²) >= 11 is 0. The van der Waals surface area contributed by atoms with E-state index in [0.717, 1.165) is 16.7 Å². The smallest absolute Gasteiger partial charge is 0.323 e. The van der Waals surface area contributed by atoms with E-state index in [1.165, 1.54) is 0 Å². The molecule has 0 bridgehead atoms. The van der Waals surface area contributed by atoms with Gasteiger partial charge in [0, 0.05) is 23.5 Å². The maximum atomic E-state index is 12.7. The van der Waals surface area contributed by atoms with Crippen molar-refractivity contribution < 1.29 is 19.4 Å². The Bertz CT molecular complexity index is 875. The molecule has 2 amide bonds. The molecule has 162 valence electrons. The monoisotopic (exact) mass is 412 g/mol. The highest BCUT2D eigenvalue weighted by Gasteiger charge is 2.26. The van der Waals surface area contributed by atoms with Gasteiger partial charge in [-0.15, -0.1) is 0 Å². The van der Waals surface area contributed by atoms with Gasteiger partial charge >= 0.3 is 12.0 Å². The number of aryl methyl sites for hydroxylation is 1. The van der Waals surface area contributed by atoms with Gasteiger partial charge in [0.1, 0.15) is 0 Å². The molecule has 30 heavy (non-hydrogen) atoms. The quantitative estimate of drug-likeness (QED) is 0.480. The summed E-state index contributed by atoms with van der Waals surface area (Å²) in [6.07, 6.45) is 0.731. The third-order valence-corrected chi connectivity index (χ3v) is 5.14. The van der Waals surface area contributed by atoms with Gasteiger partial charge in [0.15, 0.2) is 0 Å². The second-order valence-electron chi connectivity index (χ2n) is 7.90. The first-order valence-electron chi connectivity index (χ1n) is 10.3. The van der Waals surface area contributed by atoms with E-state index >= 15 is 0 Å². The number of amides is 2. The van der Waals surface area contributed by atoms with E-state index in [1.807, 2.05) is 77.1 Å². The van der Waals surface area contributed by atoms with Crippen molar-refractivity contribution in [3.8, 4) is 0 Å². The number of carbonyl (C=O) groups is 2. The number of carboxylic acids is 1. The molecule has 2 aromatic carbocycles. The van der Waals surface area contributed by atoms with Crippen molar-refractivity contribution in [1.29, 1.82) is 0 Å². The number of rotatable bonds is 9. The molecular formula is C24H32N2O4. The van der Waals surface area contributed by atoms with Gasteiger partial charge in [0.25, 0.3) is 0 Å². The van der Waals surface area contributed by atoms with E-state index in [9.17, 15) is 14.7 Å². The predicted octanol–water partition coefficient (Wildman–Crippen LogP) is 5.88. The lowest BCUT2D eigenvalue weighted by Gasteiger charge is -2.29. The summed E-state index contributed by atoms with van der Waals surface area (Å²) < 4.78 is 5.89. The molecule has 6 heteroatoms. The van der Waals surface area contributed by atoms with E-state index < -0.39 is 11.6 Å². The maximum absolute atomic E-state index is 12.7. The summed E-state index contributed by atoms with van der Waals surface area (Å²) in [5.41, 5.74) is 3.50. The fourth-order valence-electron chi connectivity index (χ4n) is 3.51. The number of urea groups is 1. The van der Waals surface area contributed by atoms with Gasteiger partial charge in [-0.1, -0.05) is 36.8 Å². The first kappa shape index (κ1) is 23.4. The summed E-state index contributed by atoms with van der Waals surface area (Å²) in [6.45, 7) is 10.3. The molecule has 2 aromatic rings. The molecule has 2 rings (SSSR count). The third kappa shape index (κ3) is 6.32. The fourth-order valence-corrected chi connectivity index (χ4v) is 3.51. The van der Waals surface area contributed by atoms with Gasteiger partial charge in [-0.3, -0.25) is 4.79 Å². The van der Waals surface area contributed by atoms with Crippen LogP contribution in [0.4, 0.5) is 16.2 Å². The van der Waals surface area contributed by atoms with Crippen LogP contribution in [-0.2, 0) is 15.1 Å². The van der Waals surface area contributed by atoms with Crippen LogP contribution in [0, 0.1) is 6.92 Å². The molecule has 1 atom stereocenters. The standard InChI is InChI=1S/C24H32N2O4/c1-6-17(15-22(27)28)18-10-13-20(24(4,5)30-7-2)21(14-18)26-23(29)25-19-11-8-16(3)9-12-19/h8-14,17H,6-7,15H2,1-5H3,(H,27,28)(H2,25,26,29)/t17-/m0/s1. The Morgan fingerprint density at radius 3 is 2.30 bits per heavy atom. The second kappa shape index (κ2) is 10.3. The number of carbonyl (C=O) groups excluding carboxylic acids is 1. The number of aliphatic carboxylic acids is 1. The van der Waals surface area contributed by atoms with Crippen molar-refractivity contribution in [3.63, 3.8) is 0 Å². The Balaban J connectivity index is 2.36. The molecule has 0 saturated carbocycles. The Morgan fingerprint density at radius 2 is 1.73 bits per heavy atom. The number of ether oxygens (including phenoxy) is 1. The number of benzene rings is 2. The lowest BCUT2D eigenvalue weighted by Crippen LogP contribution is -2.26. The van der Waals surface area contributed by atoms with Crippen LogP contribution in [0.25, 0.3) is 0 Å². The number of anilines is 2. The summed E-state index contributed by atoms with van der Waals surface area (Å²) in [6, 6.07) is 12.9. The summed E-state index contributed by atoms with van der Waals surface area (Å²) in [4.78, 5) is 23.9. The van der Waals surface area contributed by atoms with Crippen LogP contribution in [0.15, 0.2) is 42.5 Å². The van der Waals surface area contributed by atoms with Crippen molar-refractivity contribution in [1.82, 2.24) is 0 Å². The van der Waals surface area contributed by atoms with E-state index in [-0.39, 0.29) is 18.4 Å². The van der Waals surface area contributed by atoms with Crippen LogP contribution in [0.5, 0.6) is 0 Å². The van der Waals surface area contributed by atoms with E-state index in [1.54, 1.807) is 0 Å². The van der Waals surface area contributed by atoms with Gasteiger partial charge in [0.2, 0.25) is 0 Å². The molecule has 3 N–H and O–H groups in total. The molecular weight excluding hydrogens is 380 g/mol. The lowest BCUT2D eigenvalue weighted by atomic mass is 9.88. The molecule has 0 aliphatic heterocycles. The molecule has 0 fully saturated rings. The van der Waals surface area contributed by atoms with E-state index in [2.05, 4.69) is 10.6 Å². The molecule has 0 unspecified atom stereocenters. The second-order valence-corrected chi connectivity index (χ2v) is 7.90. The van der Waals surface area contributed by atoms with Crippen LogP contribution in [0.2, 0.25) is 0 Å². The van der Waals surface area contributed by atoms with Crippen LogP contribution in [0.1, 0.15) is 63.1 Å². The molecule has 0 radical (unpaired) electrons. The number of nitrogens with one attached hydrogen (secondary N) is 2.